The van der Waals surface area contributed by atoms with Gasteiger partial charge < -0.3 is 4.90 Å². The van der Waals surface area contributed by atoms with E-state index in [0.717, 1.165) is 36.2 Å². The summed E-state index contributed by atoms with van der Waals surface area (Å²) in [5.74, 6) is 1.18. The molecule has 0 spiro atoms. The molecule has 0 aliphatic carbocycles. The number of hydrogen-bond donors (Lipinski definition) is 0. The highest BCUT2D eigenvalue weighted by Crippen LogP contribution is 2.33. The van der Waals surface area contributed by atoms with Crippen LogP contribution in [0.2, 0.25) is 5.02 Å². The highest BCUT2D eigenvalue weighted by Gasteiger charge is 2.23. The smallest absolute Gasteiger partial charge is 0.186 e. The Balaban J connectivity index is 1.79. The zero-order chi connectivity index (χ0) is 19.3. The van der Waals surface area contributed by atoms with E-state index < -0.39 is 0 Å². The molecule has 1 aliphatic heterocycles. The molecule has 0 N–H and O–H groups in total. The number of aromatic nitrogens is 4. The van der Waals surface area contributed by atoms with Gasteiger partial charge in [0, 0.05) is 29.1 Å². The van der Waals surface area contributed by atoms with Crippen molar-refractivity contribution < 1.29 is 4.39 Å². The van der Waals surface area contributed by atoms with Crippen LogP contribution in [0.25, 0.3) is 27.8 Å². The Morgan fingerprint density at radius 1 is 1.18 bits per heavy atom. The standard InChI is InChI=1S/C21H19ClFN5/c1-13-4-3-9-27(12-13)20-17-11-15(22)7-8-18(17)28-21(24-20)19(25-26-28)14-5-2-6-16(23)10-14/h2,5-8,10-11,13H,3-4,9,12H2,1H3. The van der Waals surface area contributed by atoms with E-state index in [1.54, 1.807) is 10.6 Å². The zero-order valence-electron chi connectivity index (χ0n) is 15.4. The molecule has 5 nitrogen and oxygen atoms in total. The van der Waals surface area contributed by atoms with Gasteiger partial charge in [0.2, 0.25) is 0 Å². The fraction of sp³-hybridized carbons (Fsp3) is 0.286. The maximum Gasteiger partial charge on any atom is 0.186 e. The number of nitrogens with zero attached hydrogens (tertiary/aromatic N) is 5. The van der Waals surface area contributed by atoms with E-state index in [1.807, 2.05) is 24.3 Å². The van der Waals surface area contributed by atoms with Crippen molar-refractivity contribution in [1.29, 1.82) is 0 Å². The van der Waals surface area contributed by atoms with Crippen molar-refractivity contribution in [2.75, 3.05) is 18.0 Å². The van der Waals surface area contributed by atoms with Crippen LogP contribution < -0.4 is 4.90 Å². The summed E-state index contributed by atoms with van der Waals surface area (Å²) in [6.07, 6.45) is 2.35. The Labute approximate surface area is 166 Å². The molecule has 1 fully saturated rings. The van der Waals surface area contributed by atoms with Crippen LogP contribution in [-0.4, -0.2) is 32.9 Å². The van der Waals surface area contributed by atoms with Crippen LogP contribution in [0.5, 0.6) is 0 Å². The first-order valence-electron chi connectivity index (χ1n) is 9.46. The van der Waals surface area contributed by atoms with E-state index in [4.69, 9.17) is 16.6 Å². The van der Waals surface area contributed by atoms with Crippen LogP contribution in [0.4, 0.5) is 10.2 Å². The Hall–Kier alpha value is -2.73. The molecule has 2 aromatic carbocycles. The van der Waals surface area contributed by atoms with Gasteiger partial charge in [-0.25, -0.2) is 9.37 Å². The Morgan fingerprint density at radius 2 is 2.07 bits per heavy atom. The van der Waals surface area contributed by atoms with Crippen molar-refractivity contribution in [3.05, 3.63) is 53.3 Å². The van der Waals surface area contributed by atoms with E-state index in [0.29, 0.717) is 27.8 Å². The van der Waals surface area contributed by atoms with E-state index >= 15 is 0 Å². The molecular formula is C21H19ClFN5. The van der Waals surface area contributed by atoms with Gasteiger partial charge in [0.05, 0.1) is 5.52 Å². The third kappa shape index (κ3) is 2.88. The topological polar surface area (TPSA) is 46.3 Å². The molecule has 2 aromatic heterocycles. The van der Waals surface area contributed by atoms with Crippen molar-refractivity contribution in [3.63, 3.8) is 0 Å². The monoisotopic (exact) mass is 395 g/mol. The first kappa shape index (κ1) is 17.4. The number of fused-ring (bicyclic) bond motifs is 3. The van der Waals surface area contributed by atoms with Crippen molar-refractivity contribution >= 4 is 34.0 Å². The lowest BCUT2D eigenvalue weighted by Gasteiger charge is -2.32. The van der Waals surface area contributed by atoms with Crippen molar-refractivity contribution in [2.45, 2.75) is 19.8 Å². The molecule has 1 atom stereocenters. The number of benzene rings is 2. The molecular weight excluding hydrogens is 377 g/mol. The summed E-state index contributed by atoms with van der Waals surface area (Å²) in [7, 11) is 0. The highest BCUT2D eigenvalue weighted by molar-refractivity contribution is 6.31. The van der Waals surface area contributed by atoms with Crippen LogP contribution in [0.3, 0.4) is 0 Å². The maximum atomic E-state index is 13.8. The van der Waals surface area contributed by atoms with Gasteiger partial charge in [-0.15, -0.1) is 5.10 Å². The molecule has 1 saturated heterocycles. The van der Waals surface area contributed by atoms with Gasteiger partial charge in [-0.3, -0.25) is 0 Å². The molecule has 0 radical (unpaired) electrons. The molecule has 7 heteroatoms. The lowest BCUT2D eigenvalue weighted by Crippen LogP contribution is -2.35. The lowest BCUT2D eigenvalue weighted by atomic mass is 10.00. The predicted octanol–water partition coefficient (Wildman–Crippen LogP) is 4.97. The second-order valence-electron chi connectivity index (χ2n) is 7.47. The average Bonchev–Trinajstić information content (AvgIpc) is 3.11. The second-order valence-corrected chi connectivity index (χ2v) is 7.91. The Kier molecular flexibility index (Phi) is 4.16. The van der Waals surface area contributed by atoms with Gasteiger partial charge in [-0.05, 0) is 49.1 Å². The molecule has 1 aliphatic rings. The Bertz CT molecular complexity index is 1190. The minimum absolute atomic E-state index is 0.309. The fourth-order valence-corrected chi connectivity index (χ4v) is 4.19. The third-order valence-corrected chi connectivity index (χ3v) is 5.58. The average molecular weight is 396 g/mol. The van der Waals surface area contributed by atoms with Crippen LogP contribution in [-0.2, 0) is 0 Å². The summed E-state index contributed by atoms with van der Waals surface area (Å²) >= 11 is 6.29. The number of halogens is 2. The summed E-state index contributed by atoms with van der Waals surface area (Å²) in [5.41, 5.74) is 2.74. The van der Waals surface area contributed by atoms with Crippen molar-refractivity contribution in [2.24, 2.45) is 5.92 Å². The van der Waals surface area contributed by atoms with Crippen molar-refractivity contribution in [1.82, 2.24) is 19.8 Å². The van der Waals surface area contributed by atoms with Crippen LogP contribution in [0, 0.1) is 11.7 Å². The van der Waals surface area contributed by atoms with E-state index in [2.05, 4.69) is 22.1 Å². The van der Waals surface area contributed by atoms with Gasteiger partial charge in [0.15, 0.2) is 5.65 Å². The van der Waals surface area contributed by atoms with Crippen LogP contribution in [0.1, 0.15) is 19.8 Å². The number of hydrogen-bond acceptors (Lipinski definition) is 4. The van der Waals surface area contributed by atoms with Crippen LogP contribution in [0.15, 0.2) is 42.5 Å². The predicted molar refractivity (Wildman–Crippen MR) is 109 cm³/mol. The molecule has 28 heavy (non-hydrogen) atoms. The molecule has 142 valence electrons. The SMILES string of the molecule is CC1CCCN(c2nc3c(-c4cccc(F)c4)nnn3c3ccc(Cl)cc23)C1. The van der Waals surface area contributed by atoms with Gasteiger partial charge in [-0.1, -0.05) is 35.9 Å². The minimum atomic E-state index is -0.309. The number of rotatable bonds is 2. The van der Waals surface area contributed by atoms with E-state index in [9.17, 15) is 4.39 Å². The van der Waals surface area contributed by atoms with Gasteiger partial charge in [0.1, 0.15) is 17.3 Å². The quantitative estimate of drug-likeness (QED) is 0.480. The van der Waals surface area contributed by atoms with E-state index in [1.165, 1.54) is 18.6 Å². The second kappa shape index (κ2) is 6.71. The largest absolute Gasteiger partial charge is 0.356 e. The van der Waals surface area contributed by atoms with Gasteiger partial charge in [-0.2, -0.15) is 4.52 Å². The Morgan fingerprint density at radius 3 is 2.89 bits per heavy atom. The number of anilines is 1. The molecule has 4 aromatic rings. The summed E-state index contributed by atoms with van der Waals surface area (Å²) in [6.45, 7) is 4.16. The van der Waals surface area contributed by atoms with E-state index in [-0.39, 0.29) is 5.82 Å². The first-order valence-corrected chi connectivity index (χ1v) is 9.83. The fourth-order valence-electron chi connectivity index (χ4n) is 4.02. The molecule has 1 unspecified atom stereocenters. The van der Waals surface area contributed by atoms with Crippen molar-refractivity contribution in [3.8, 4) is 11.3 Å². The number of piperidine rings is 1. The molecule has 3 heterocycles. The molecule has 0 bridgehead atoms. The lowest BCUT2D eigenvalue weighted by molar-refractivity contribution is 0.445. The summed E-state index contributed by atoms with van der Waals surface area (Å²) in [5, 5.41) is 10.2. The normalized spacial score (nSPS) is 17.5. The highest BCUT2D eigenvalue weighted by atomic mass is 35.5. The molecule has 5 rings (SSSR count). The summed E-state index contributed by atoms with van der Waals surface area (Å²) < 4.78 is 15.5. The minimum Gasteiger partial charge on any atom is -0.356 e. The maximum absolute atomic E-state index is 13.8. The molecule has 0 amide bonds. The van der Waals surface area contributed by atoms with Gasteiger partial charge in [0.25, 0.3) is 0 Å². The first-order chi connectivity index (χ1) is 13.6. The van der Waals surface area contributed by atoms with Crippen LogP contribution >= 0.6 is 11.6 Å². The third-order valence-electron chi connectivity index (χ3n) is 5.34. The molecule has 0 saturated carbocycles. The zero-order valence-corrected chi connectivity index (χ0v) is 16.2. The van der Waals surface area contributed by atoms with Gasteiger partial charge >= 0.3 is 0 Å². The summed E-state index contributed by atoms with van der Waals surface area (Å²) in [4.78, 5) is 7.27. The summed E-state index contributed by atoms with van der Waals surface area (Å²) in [6, 6.07) is 12.1.